The third kappa shape index (κ3) is 4.02. The molecular weight excluding hydrogens is 342 g/mol. The Kier molecular flexibility index (Phi) is 4.68. The predicted octanol–water partition coefficient (Wildman–Crippen LogP) is 3.53. The Balaban J connectivity index is 1.41. The summed E-state index contributed by atoms with van der Waals surface area (Å²) in [6.45, 7) is 4.02. The molecule has 2 aromatic carbocycles. The summed E-state index contributed by atoms with van der Waals surface area (Å²) < 4.78 is 10.9. The highest BCUT2D eigenvalue weighted by Gasteiger charge is 2.35. The molecule has 1 N–H and O–H groups in total. The molecule has 1 atom stereocenters. The Morgan fingerprint density at radius 3 is 2.63 bits per heavy atom. The summed E-state index contributed by atoms with van der Waals surface area (Å²) in [5.41, 5.74) is 2.40. The average molecular weight is 367 g/mol. The van der Waals surface area contributed by atoms with Crippen LogP contribution in [0.5, 0.6) is 17.2 Å². The van der Waals surface area contributed by atoms with Gasteiger partial charge in [0.2, 0.25) is 12.7 Å². The lowest BCUT2D eigenvalue weighted by Gasteiger charge is -2.40. The van der Waals surface area contributed by atoms with Crippen molar-refractivity contribution in [2.24, 2.45) is 5.41 Å². The second-order valence-electron chi connectivity index (χ2n) is 7.91. The van der Waals surface area contributed by atoms with Crippen molar-refractivity contribution >= 4 is 5.91 Å². The third-order valence-electron chi connectivity index (χ3n) is 5.54. The van der Waals surface area contributed by atoms with Gasteiger partial charge in [-0.2, -0.15) is 0 Å². The van der Waals surface area contributed by atoms with Crippen molar-refractivity contribution in [1.29, 1.82) is 0 Å². The van der Waals surface area contributed by atoms with E-state index in [1.54, 1.807) is 12.1 Å². The summed E-state index contributed by atoms with van der Waals surface area (Å²) in [7, 11) is 0. The SMILES string of the molecule is C[C@]1(Cc2ccc3c(c2)OCO3)CCC(=O)N(CCc2ccc(O)cc2)C1. The topological polar surface area (TPSA) is 59.0 Å². The normalized spacial score (nSPS) is 21.5. The molecule has 0 aromatic heterocycles. The number of phenols is 1. The standard InChI is InChI=1S/C22H25NO4/c1-22(13-17-4-7-19-20(12-17)27-15-26-19)10-8-21(25)23(14-22)11-9-16-2-5-18(24)6-3-16/h2-7,12,24H,8-11,13-15H2,1H3/t22-/m1/s1. The van der Waals surface area contributed by atoms with E-state index in [0.29, 0.717) is 13.0 Å². The maximum Gasteiger partial charge on any atom is 0.231 e. The number of rotatable bonds is 5. The van der Waals surface area contributed by atoms with E-state index < -0.39 is 0 Å². The van der Waals surface area contributed by atoms with Crippen LogP contribution in [0.3, 0.4) is 0 Å². The number of likely N-dealkylation sites (tertiary alicyclic amines) is 1. The first-order valence-corrected chi connectivity index (χ1v) is 9.45. The van der Waals surface area contributed by atoms with Crippen LogP contribution in [-0.4, -0.2) is 35.8 Å². The molecule has 142 valence electrons. The molecule has 0 bridgehead atoms. The summed E-state index contributed by atoms with van der Waals surface area (Å²) in [5.74, 6) is 2.12. The van der Waals surface area contributed by atoms with E-state index in [1.165, 1.54) is 5.56 Å². The minimum Gasteiger partial charge on any atom is -0.508 e. The van der Waals surface area contributed by atoms with Gasteiger partial charge in [0.1, 0.15) is 5.75 Å². The molecule has 1 amide bonds. The van der Waals surface area contributed by atoms with E-state index in [2.05, 4.69) is 19.1 Å². The van der Waals surface area contributed by atoms with Crippen molar-refractivity contribution in [1.82, 2.24) is 4.90 Å². The van der Waals surface area contributed by atoms with E-state index in [9.17, 15) is 9.90 Å². The number of aromatic hydroxyl groups is 1. The smallest absolute Gasteiger partial charge is 0.231 e. The second-order valence-corrected chi connectivity index (χ2v) is 7.91. The van der Waals surface area contributed by atoms with Crippen molar-refractivity contribution < 1.29 is 19.4 Å². The van der Waals surface area contributed by atoms with Crippen molar-refractivity contribution in [3.05, 3.63) is 53.6 Å². The maximum atomic E-state index is 12.4. The Bertz CT molecular complexity index is 833. The lowest BCUT2D eigenvalue weighted by Crippen LogP contribution is -2.46. The van der Waals surface area contributed by atoms with Gasteiger partial charge in [-0.05, 0) is 60.1 Å². The van der Waals surface area contributed by atoms with Crippen LogP contribution in [0.2, 0.25) is 0 Å². The van der Waals surface area contributed by atoms with Crippen LogP contribution in [0.25, 0.3) is 0 Å². The third-order valence-corrected chi connectivity index (χ3v) is 5.54. The molecule has 0 spiro atoms. The van der Waals surface area contributed by atoms with Crippen LogP contribution in [-0.2, 0) is 17.6 Å². The van der Waals surface area contributed by atoms with Gasteiger partial charge >= 0.3 is 0 Å². The Morgan fingerprint density at radius 2 is 1.81 bits per heavy atom. The second kappa shape index (κ2) is 7.14. The quantitative estimate of drug-likeness (QED) is 0.878. The van der Waals surface area contributed by atoms with Gasteiger partial charge in [0.15, 0.2) is 11.5 Å². The van der Waals surface area contributed by atoms with Crippen LogP contribution in [0, 0.1) is 5.41 Å². The molecule has 4 rings (SSSR count). The molecule has 2 heterocycles. The van der Waals surface area contributed by atoms with Gasteiger partial charge in [-0.25, -0.2) is 0 Å². The molecule has 1 saturated heterocycles. The first kappa shape index (κ1) is 17.7. The van der Waals surface area contributed by atoms with Gasteiger partial charge in [-0.15, -0.1) is 0 Å². The Labute approximate surface area is 159 Å². The molecule has 2 aromatic rings. The number of hydrogen-bond acceptors (Lipinski definition) is 4. The number of carbonyl (C=O) groups excluding carboxylic acids is 1. The largest absolute Gasteiger partial charge is 0.508 e. The molecule has 0 radical (unpaired) electrons. The fraction of sp³-hybridized carbons (Fsp3) is 0.409. The van der Waals surface area contributed by atoms with E-state index >= 15 is 0 Å². The molecule has 2 aliphatic heterocycles. The zero-order valence-corrected chi connectivity index (χ0v) is 15.6. The minimum atomic E-state index is 0.0521. The number of hydrogen-bond donors (Lipinski definition) is 1. The van der Waals surface area contributed by atoms with Gasteiger partial charge in [0.05, 0.1) is 0 Å². The molecule has 0 unspecified atom stereocenters. The molecule has 1 fully saturated rings. The average Bonchev–Trinajstić information content (AvgIpc) is 3.12. The summed E-state index contributed by atoms with van der Waals surface area (Å²) in [4.78, 5) is 14.4. The molecule has 5 nitrogen and oxygen atoms in total. The first-order chi connectivity index (χ1) is 13.0. The predicted molar refractivity (Wildman–Crippen MR) is 102 cm³/mol. The van der Waals surface area contributed by atoms with Crippen LogP contribution < -0.4 is 9.47 Å². The number of nitrogens with zero attached hydrogens (tertiary/aromatic N) is 1. The van der Waals surface area contributed by atoms with Gasteiger partial charge in [-0.3, -0.25) is 4.79 Å². The highest BCUT2D eigenvalue weighted by molar-refractivity contribution is 5.77. The maximum absolute atomic E-state index is 12.4. The van der Waals surface area contributed by atoms with Crippen molar-refractivity contribution in [2.75, 3.05) is 19.9 Å². The van der Waals surface area contributed by atoms with E-state index in [1.807, 2.05) is 23.1 Å². The zero-order valence-electron chi connectivity index (χ0n) is 15.6. The highest BCUT2D eigenvalue weighted by atomic mass is 16.7. The molecular formula is C22H25NO4. The van der Waals surface area contributed by atoms with Crippen molar-refractivity contribution in [3.8, 4) is 17.2 Å². The van der Waals surface area contributed by atoms with E-state index in [0.717, 1.165) is 42.9 Å². The van der Waals surface area contributed by atoms with E-state index in [4.69, 9.17) is 9.47 Å². The lowest BCUT2D eigenvalue weighted by molar-refractivity contribution is -0.137. The first-order valence-electron chi connectivity index (χ1n) is 9.45. The lowest BCUT2D eigenvalue weighted by atomic mass is 9.76. The molecule has 0 saturated carbocycles. The monoisotopic (exact) mass is 367 g/mol. The number of ether oxygens (including phenoxy) is 2. The molecule has 0 aliphatic carbocycles. The number of phenolic OH excluding ortho intramolecular Hbond substituents is 1. The van der Waals surface area contributed by atoms with Gasteiger partial charge < -0.3 is 19.5 Å². The van der Waals surface area contributed by atoms with Crippen molar-refractivity contribution in [2.45, 2.75) is 32.6 Å². The van der Waals surface area contributed by atoms with Crippen LogP contribution >= 0.6 is 0 Å². The summed E-state index contributed by atoms with van der Waals surface area (Å²) in [6.07, 6.45) is 3.20. The number of benzene rings is 2. The van der Waals surface area contributed by atoms with Crippen LogP contribution in [0.15, 0.2) is 42.5 Å². The zero-order chi connectivity index (χ0) is 18.9. The Morgan fingerprint density at radius 1 is 1.07 bits per heavy atom. The number of piperidine rings is 1. The van der Waals surface area contributed by atoms with E-state index in [-0.39, 0.29) is 23.9 Å². The summed E-state index contributed by atoms with van der Waals surface area (Å²) >= 11 is 0. The minimum absolute atomic E-state index is 0.0521. The fourth-order valence-electron chi connectivity index (χ4n) is 4.01. The fourth-order valence-corrected chi connectivity index (χ4v) is 4.01. The molecule has 2 aliphatic rings. The summed E-state index contributed by atoms with van der Waals surface area (Å²) in [6, 6.07) is 13.3. The van der Waals surface area contributed by atoms with Crippen LogP contribution in [0.4, 0.5) is 0 Å². The van der Waals surface area contributed by atoms with Crippen LogP contribution in [0.1, 0.15) is 30.9 Å². The van der Waals surface area contributed by atoms with Gasteiger partial charge in [0, 0.05) is 19.5 Å². The van der Waals surface area contributed by atoms with Crippen molar-refractivity contribution in [3.63, 3.8) is 0 Å². The summed E-state index contributed by atoms with van der Waals surface area (Å²) in [5, 5.41) is 9.40. The number of amides is 1. The highest BCUT2D eigenvalue weighted by Crippen LogP contribution is 2.37. The van der Waals surface area contributed by atoms with Gasteiger partial charge in [-0.1, -0.05) is 25.1 Å². The number of fused-ring (bicyclic) bond motifs is 1. The van der Waals surface area contributed by atoms with Gasteiger partial charge in [0.25, 0.3) is 0 Å². The Hall–Kier alpha value is -2.69. The number of carbonyl (C=O) groups is 1. The molecule has 27 heavy (non-hydrogen) atoms. The molecule has 5 heteroatoms.